The summed E-state index contributed by atoms with van der Waals surface area (Å²) < 4.78 is 0. The van der Waals surface area contributed by atoms with E-state index in [0.717, 1.165) is 12.8 Å². The van der Waals surface area contributed by atoms with Crippen molar-refractivity contribution in [2.45, 2.75) is 122 Å². The highest BCUT2D eigenvalue weighted by Crippen LogP contribution is 2.69. The van der Waals surface area contributed by atoms with Gasteiger partial charge in [0.25, 0.3) is 0 Å². The van der Waals surface area contributed by atoms with Crippen LogP contribution in [0.2, 0.25) is 0 Å². The molecule has 0 aliphatic heterocycles. The fourth-order valence-electron chi connectivity index (χ4n) is 9.65. The molecule has 0 amide bonds. The van der Waals surface area contributed by atoms with E-state index in [0.29, 0.717) is 25.7 Å². The average Bonchev–Trinajstić information content (AvgIpc) is 3.01. The van der Waals surface area contributed by atoms with Crippen molar-refractivity contribution in [2.24, 2.45) is 46.3 Å². The molecule has 4 fully saturated rings. The van der Waals surface area contributed by atoms with Crippen molar-refractivity contribution < 1.29 is 35.7 Å². The molecule has 34 heavy (non-hydrogen) atoms. The Kier molecular flexibility index (Phi) is 7.03. The van der Waals surface area contributed by atoms with Crippen LogP contribution < -0.4 is 0 Å². The lowest BCUT2D eigenvalue weighted by Crippen LogP contribution is -2.70. The molecule has 0 aromatic heterocycles. The van der Waals surface area contributed by atoms with Crippen LogP contribution in [0.5, 0.6) is 0 Å². The Labute approximate surface area is 204 Å². The summed E-state index contributed by atoms with van der Waals surface area (Å²) in [5.74, 6) is -0.991. The minimum Gasteiger partial charge on any atom is -0.393 e. The Morgan fingerprint density at radius 3 is 2.09 bits per heavy atom. The van der Waals surface area contributed by atoms with E-state index in [4.69, 9.17) is 0 Å². The van der Waals surface area contributed by atoms with E-state index in [1.807, 2.05) is 20.8 Å². The van der Waals surface area contributed by atoms with E-state index in [1.165, 1.54) is 0 Å². The fourth-order valence-corrected chi connectivity index (χ4v) is 9.65. The van der Waals surface area contributed by atoms with Crippen molar-refractivity contribution in [1.82, 2.24) is 0 Å². The van der Waals surface area contributed by atoms with Crippen LogP contribution in [-0.4, -0.2) is 78.0 Å². The molecule has 0 heterocycles. The molecule has 4 saturated carbocycles. The van der Waals surface area contributed by atoms with Gasteiger partial charge >= 0.3 is 0 Å². The second-order valence-corrected chi connectivity index (χ2v) is 13.4. The molecular formula is C27H48O7. The van der Waals surface area contributed by atoms with Gasteiger partial charge in [-0.05, 0) is 73.0 Å². The predicted octanol–water partition coefficient (Wildman–Crippen LogP) is 1.44. The Bertz CT molecular complexity index is 746. The molecule has 4 rings (SSSR count). The Balaban J connectivity index is 1.62. The fraction of sp³-hybridized carbons (Fsp3) is 1.00. The van der Waals surface area contributed by atoms with Gasteiger partial charge in [-0.25, -0.2) is 0 Å². The zero-order valence-corrected chi connectivity index (χ0v) is 21.5. The van der Waals surface area contributed by atoms with Gasteiger partial charge in [-0.3, -0.25) is 0 Å². The van der Waals surface area contributed by atoms with E-state index in [9.17, 15) is 35.7 Å². The quantitative estimate of drug-likeness (QED) is 0.313. The maximum Gasteiger partial charge on any atom is 0.0857 e. The van der Waals surface area contributed by atoms with Crippen LogP contribution in [0.4, 0.5) is 0 Å². The highest BCUT2D eigenvalue weighted by Gasteiger charge is 2.71. The molecule has 0 radical (unpaired) electrons. The van der Waals surface area contributed by atoms with Gasteiger partial charge in [-0.1, -0.05) is 34.6 Å². The lowest BCUT2D eigenvalue weighted by Gasteiger charge is -2.66. The molecule has 7 heteroatoms. The zero-order chi connectivity index (χ0) is 25.4. The van der Waals surface area contributed by atoms with Crippen molar-refractivity contribution in [1.29, 1.82) is 0 Å². The van der Waals surface area contributed by atoms with Gasteiger partial charge in [0.05, 0.1) is 42.2 Å². The predicted molar refractivity (Wildman–Crippen MR) is 127 cm³/mol. The van der Waals surface area contributed by atoms with Gasteiger partial charge in [0.15, 0.2) is 0 Å². The van der Waals surface area contributed by atoms with Crippen molar-refractivity contribution in [3.63, 3.8) is 0 Å². The number of hydrogen-bond donors (Lipinski definition) is 7. The van der Waals surface area contributed by atoms with Crippen molar-refractivity contribution in [3.05, 3.63) is 0 Å². The Morgan fingerprint density at radius 2 is 1.47 bits per heavy atom. The molecule has 4 aliphatic rings. The van der Waals surface area contributed by atoms with E-state index >= 15 is 0 Å². The Hall–Kier alpha value is -0.280. The van der Waals surface area contributed by atoms with Crippen LogP contribution in [-0.2, 0) is 0 Å². The third-order valence-electron chi connectivity index (χ3n) is 11.2. The first-order valence-electron chi connectivity index (χ1n) is 13.5. The van der Waals surface area contributed by atoms with Crippen LogP contribution in [0.3, 0.4) is 0 Å². The molecular weight excluding hydrogens is 436 g/mol. The maximum atomic E-state index is 12.3. The molecule has 7 nitrogen and oxygen atoms in total. The van der Waals surface area contributed by atoms with Crippen LogP contribution in [0.1, 0.15) is 79.6 Å². The largest absolute Gasteiger partial charge is 0.393 e. The molecule has 4 aliphatic carbocycles. The monoisotopic (exact) mass is 484 g/mol. The molecule has 0 aromatic carbocycles. The van der Waals surface area contributed by atoms with Crippen LogP contribution >= 0.6 is 0 Å². The van der Waals surface area contributed by atoms with Gasteiger partial charge in [0, 0.05) is 18.3 Å². The molecule has 0 spiro atoms. The minimum absolute atomic E-state index is 0.0439. The summed E-state index contributed by atoms with van der Waals surface area (Å²) in [7, 11) is 0. The maximum absolute atomic E-state index is 12.3. The smallest absolute Gasteiger partial charge is 0.0857 e. The first kappa shape index (κ1) is 26.8. The second kappa shape index (κ2) is 8.93. The van der Waals surface area contributed by atoms with E-state index in [-0.39, 0.29) is 35.5 Å². The number of hydrogen-bond acceptors (Lipinski definition) is 7. The van der Waals surface area contributed by atoms with Gasteiger partial charge in [0.2, 0.25) is 0 Å². The highest BCUT2D eigenvalue weighted by molar-refractivity contribution is 5.21. The molecule has 14 unspecified atom stereocenters. The highest BCUT2D eigenvalue weighted by atomic mass is 16.3. The number of aliphatic hydroxyl groups excluding tert-OH is 6. The third-order valence-corrected chi connectivity index (χ3v) is 11.2. The summed E-state index contributed by atoms with van der Waals surface area (Å²) in [6.45, 7) is 10.0. The molecule has 198 valence electrons. The standard InChI is InChI=1S/C27H48O7/c1-13(2)22(32)17(29)10-14(3)15-11-18(30)24-25(15,4)9-7-20-26(5)8-6-16(28)23(33)21(26)19(31)12-27(20,24)34/h13-24,28-34H,6-12H2,1-5H3. The summed E-state index contributed by atoms with van der Waals surface area (Å²) in [5.41, 5.74) is -2.14. The van der Waals surface area contributed by atoms with E-state index in [2.05, 4.69) is 13.8 Å². The van der Waals surface area contributed by atoms with Crippen molar-refractivity contribution in [3.8, 4) is 0 Å². The SMILES string of the molecule is CC(C)C(O)C(O)CC(C)C1CC(O)C2C1(C)CCC1C3(C)CCC(O)C(O)C3C(O)CC12O. The lowest BCUT2D eigenvalue weighted by atomic mass is 9.41. The minimum atomic E-state index is -1.26. The van der Waals surface area contributed by atoms with Crippen LogP contribution in [0.15, 0.2) is 0 Å². The lowest BCUT2D eigenvalue weighted by molar-refractivity contribution is -0.280. The first-order valence-corrected chi connectivity index (χ1v) is 13.5. The number of aliphatic hydroxyl groups is 7. The summed E-state index contributed by atoms with van der Waals surface area (Å²) in [4.78, 5) is 0. The van der Waals surface area contributed by atoms with Crippen molar-refractivity contribution >= 4 is 0 Å². The van der Waals surface area contributed by atoms with Gasteiger partial charge in [-0.15, -0.1) is 0 Å². The number of fused-ring (bicyclic) bond motifs is 5. The summed E-state index contributed by atoms with van der Waals surface area (Å²) >= 11 is 0. The molecule has 0 saturated heterocycles. The summed E-state index contributed by atoms with van der Waals surface area (Å²) in [6, 6.07) is 0. The molecule has 0 bridgehead atoms. The Morgan fingerprint density at radius 1 is 0.853 bits per heavy atom. The van der Waals surface area contributed by atoms with Crippen LogP contribution in [0, 0.1) is 46.3 Å². The van der Waals surface area contributed by atoms with E-state index in [1.54, 1.807) is 0 Å². The first-order chi connectivity index (χ1) is 15.7. The summed E-state index contributed by atoms with van der Waals surface area (Å²) in [5, 5.41) is 76.9. The summed E-state index contributed by atoms with van der Waals surface area (Å²) in [6.07, 6.45) is -1.50. The third kappa shape index (κ3) is 3.80. The van der Waals surface area contributed by atoms with Gasteiger partial charge in [0.1, 0.15) is 0 Å². The van der Waals surface area contributed by atoms with Crippen molar-refractivity contribution in [2.75, 3.05) is 0 Å². The average molecular weight is 485 g/mol. The second-order valence-electron chi connectivity index (χ2n) is 13.4. The van der Waals surface area contributed by atoms with E-state index < -0.39 is 59.5 Å². The normalized spacial score (nSPS) is 53.6. The van der Waals surface area contributed by atoms with Crippen LogP contribution in [0.25, 0.3) is 0 Å². The molecule has 7 N–H and O–H groups in total. The molecule has 14 atom stereocenters. The number of rotatable bonds is 5. The zero-order valence-electron chi connectivity index (χ0n) is 21.5. The van der Waals surface area contributed by atoms with Gasteiger partial charge in [-0.2, -0.15) is 0 Å². The van der Waals surface area contributed by atoms with Gasteiger partial charge < -0.3 is 35.7 Å². The topological polar surface area (TPSA) is 142 Å². The molecule has 0 aromatic rings.